The Kier molecular flexibility index (Phi) is 7.78. The van der Waals surface area contributed by atoms with Gasteiger partial charge in [-0.25, -0.2) is 14.4 Å². The minimum atomic E-state index is -1.16. The molecule has 3 heterocycles. The zero-order valence-corrected chi connectivity index (χ0v) is 21.8. The Morgan fingerprint density at radius 1 is 1.23 bits per heavy atom. The zero-order valence-electron chi connectivity index (χ0n) is 21.0. The maximum atomic E-state index is 13.8. The van der Waals surface area contributed by atoms with E-state index in [0.29, 0.717) is 17.0 Å². The number of carbonyl (C=O) groups is 2. The van der Waals surface area contributed by atoms with Gasteiger partial charge in [0, 0.05) is 12.5 Å². The van der Waals surface area contributed by atoms with Crippen LogP contribution in [0.4, 0.5) is 16.0 Å². The van der Waals surface area contributed by atoms with Crippen molar-refractivity contribution >= 4 is 35.1 Å². The Labute approximate surface area is 228 Å². The first-order valence-electron chi connectivity index (χ1n) is 12.8. The van der Waals surface area contributed by atoms with Gasteiger partial charge in [-0.2, -0.15) is 0 Å². The molecule has 1 aliphatic heterocycles. The number of hydrogen-bond donors (Lipinski definition) is 4. The number of aliphatic carboxylic acids is 1. The Bertz CT molecular complexity index is 1480. The van der Waals surface area contributed by atoms with Gasteiger partial charge in [0.05, 0.1) is 30.4 Å². The second kappa shape index (κ2) is 11.4. The molecule has 1 fully saturated rings. The summed E-state index contributed by atoms with van der Waals surface area (Å²) in [4.78, 5) is 46.9. The summed E-state index contributed by atoms with van der Waals surface area (Å²) < 4.78 is 15.1. The Morgan fingerprint density at radius 2 is 2.05 bits per heavy atom. The molecule has 4 N–H and O–H groups in total. The van der Waals surface area contributed by atoms with Crippen LogP contribution in [-0.2, 0) is 29.1 Å². The smallest absolute Gasteiger partial charge is 0.305 e. The molecule has 0 radical (unpaired) electrons. The summed E-state index contributed by atoms with van der Waals surface area (Å²) in [5, 5.41) is 18.4. The predicted octanol–water partition coefficient (Wildman–Crippen LogP) is 3.61. The van der Waals surface area contributed by atoms with Crippen molar-refractivity contribution < 1.29 is 19.1 Å². The van der Waals surface area contributed by atoms with Gasteiger partial charge in [0.15, 0.2) is 11.0 Å². The Morgan fingerprint density at radius 3 is 2.79 bits per heavy atom. The molecule has 5 rings (SSSR count). The summed E-state index contributed by atoms with van der Waals surface area (Å²) in [6, 6.07) is 8.30. The van der Waals surface area contributed by atoms with Crippen molar-refractivity contribution in [2.75, 3.05) is 17.2 Å². The van der Waals surface area contributed by atoms with Crippen molar-refractivity contribution in [1.82, 2.24) is 19.9 Å². The molecule has 2 aliphatic rings. The number of carboxylic acids is 1. The summed E-state index contributed by atoms with van der Waals surface area (Å²) in [5.41, 5.74) is 2.12. The zero-order chi connectivity index (χ0) is 27.5. The summed E-state index contributed by atoms with van der Waals surface area (Å²) in [7, 11) is 0. The van der Waals surface area contributed by atoms with Gasteiger partial charge in [0.25, 0.3) is 5.56 Å². The van der Waals surface area contributed by atoms with E-state index in [1.807, 2.05) is 12.1 Å². The van der Waals surface area contributed by atoms with Crippen LogP contribution >= 0.6 is 11.6 Å². The second-order valence-electron chi connectivity index (χ2n) is 9.77. The number of aryl methyl sites for hydroxylation is 1. The molecule has 10 nitrogen and oxygen atoms in total. The number of carbonyl (C=O) groups excluding carboxylic acids is 1. The summed E-state index contributed by atoms with van der Waals surface area (Å²) >= 11 is 6.50. The number of nitrogens with one attached hydrogen (secondary N) is 3. The first kappa shape index (κ1) is 26.6. The number of benzene rings is 1. The molecule has 0 saturated heterocycles. The van der Waals surface area contributed by atoms with E-state index in [2.05, 4.69) is 25.9 Å². The van der Waals surface area contributed by atoms with E-state index in [9.17, 15) is 23.9 Å². The van der Waals surface area contributed by atoms with E-state index in [4.69, 9.17) is 11.6 Å². The SMILES string of the molecule is O=C(O)C[C@H](NC(=O)Cn1c(C2CC2)c(Cl)nc(NCc2ccc3c(n2)NCCC3)c1=O)c1cccc(F)c1. The fourth-order valence-corrected chi connectivity index (χ4v) is 5.09. The monoisotopic (exact) mass is 554 g/mol. The topological polar surface area (TPSA) is 138 Å². The molecule has 39 heavy (non-hydrogen) atoms. The van der Waals surface area contributed by atoms with E-state index in [0.717, 1.165) is 43.6 Å². The summed E-state index contributed by atoms with van der Waals surface area (Å²) in [5.74, 6) is -1.50. The van der Waals surface area contributed by atoms with Crippen molar-refractivity contribution in [3.05, 3.63) is 80.2 Å². The fourth-order valence-electron chi connectivity index (χ4n) is 4.74. The maximum absolute atomic E-state index is 13.8. The van der Waals surface area contributed by atoms with E-state index < -0.39 is 42.3 Å². The Hall–Kier alpha value is -3.99. The van der Waals surface area contributed by atoms with Crippen molar-refractivity contribution in [3.63, 3.8) is 0 Å². The van der Waals surface area contributed by atoms with Crippen molar-refractivity contribution in [1.29, 1.82) is 0 Å². The lowest BCUT2D eigenvalue weighted by Crippen LogP contribution is -2.37. The standard InChI is InChI=1S/C27H28ClFN6O4/c28-24-23(15-6-7-15)35(14-21(36)33-20(12-22(37)38)17-3-1-5-18(29)11-17)27(39)26(34-24)31-13-19-9-8-16-4-2-10-30-25(16)32-19/h1,3,5,8-9,11,15,20H,2,4,6-7,10,12-14H2,(H,30,32)(H,31,34)(H,33,36)(H,37,38)/t20-/m0/s1. The number of hydrogen-bond acceptors (Lipinski definition) is 7. The summed E-state index contributed by atoms with van der Waals surface area (Å²) in [6.45, 7) is 0.687. The van der Waals surface area contributed by atoms with Gasteiger partial charge in [0.2, 0.25) is 5.91 Å². The quantitative estimate of drug-likeness (QED) is 0.298. The number of fused-ring (bicyclic) bond motifs is 1. The highest BCUT2D eigenvalue weighted by Crippen LogP contribution is 2.42. The van der Waals surface area contributed by atoms with Crippen LogP contribution in [0, 0.1) is 5.82 Å². The van der Waals surface area contributed by atoms with Crippen LogP contribution < -0.4 is 21.5 Å². The molecular formula is C27H28ClFN6O4. The van der Waals surface area contributed by atoms with Crippen LogP contribution in [0.1, 0.15) is 60.2 Å². The van der Waals surface area contributed by atoms with E-state index in [1.54, 1.807) is 0 Å². The van der Waals surface area contributed by atoms with Gasteiger partial charge in [0.1, 0.15) is 18.2 Å². The number of pyridine rings is 1. The van der Waals surface area contributed by atoms with Gasteiger partial charge >= 0.3 is 5.97 Å². The number of halogens is 2. The van der Waals surface area contributed by atoms with Crippen LogP contribution in [0.3, 0.4) is 0 Å². The Balaban J connectivity index is 1.37. The molecule has 3 aromatic rings. The lowest BCUT2D eigenvalue weighted by Gasteiger charge is -2.20. The van der Waals surface area contributed by atoms with Crippen LogP contribution in [0.25, 0.3) is 0 Å². The van der Waals surface area contributed by atoms with Crippen LogP contribution in [-0.4, -0.2) is 38.1 Å². The first-order valence-corrected chi connectivity index (χ1v) is 13.2. The van der Waals surface area contributed by atoms with Gasteiger partial charge in [-0.15, -0.1) is 0 Å². The average Bonchev–Trinajstić information content (AvgIpc) is 3.74. The van der Waals surface area contributed by atoms with Crippen LogP contribution in [0.15, 0.2) is 41.2 Å². The van der Waals surface area contributed by atoms with Gasteiger partial charge in [-0.05, 0) is 55.0 Å². The molecule has 0 bridgehead atoms. The van der Waals surface area contributed by atoms with Crippen molar-refractivity contribution in [2.24, 2.45) is 0 Å². The minimum Gasteiger partial charge on any atom is -0.481 e. The normalized spacial score (nSPS) is 15.1. The highest BCUT2D eigenvalue weighted by atomic mass is 35.5. The first-order chi connectivity index (χ1) is 18.8. The third-order valence-electron chi connectivity index (χ3n) is 6.78. The lowest BCUT2D eigenvalue weighted by atomic mass is 10.0. The predicted molar refractivity (Wildman–Crippen MR) is 143 cm³/mol. The maximum Gasteiger partial charge on any atom is 0.305 e. The molecule has 12 heteroatoms. The van der Waals surface area contributed by atoms with Gasteiger partial charge < -0.3 is 21.1 Å². The second-order valence-corrected chi connectivity index (χ2v) is 10.1. The summed E-state index contributed by atoms with van der Waals surface area (Å²) in [6.07, 6.45) is 3.18. The molecule has 1 atom stereocenters. The fraction of sp³-hybridized carbons (Fsp3) is 0.370. The minimum absolute atomic E-state index is 0.00553. The number of rotatable bonds is 10. The highest BCUT2D eigenvalue weighted by molar-refractivity contribution is 6.30. The van der Waals surface area contributed by atoms with Crippen LogP contribution in [0.2, 0.25) is 5.15 Å². The molecule has 2 aromatic heterocycles. The third kappa shape index (κ3) is 6.36. The molecule has 0 spiro atoms. The average molecular weight is 555 g/mol. The number of anilines is 2. The van der Waals surface area contributed by atoms with E-state index >= 15 is 0 Å². The number of aromatic nitrogens is 3. The van der Waals surface area contributed by atoms with Gasteiger partial charge in [-0.1, -0.05) is 29.8 Å². The van der Waals surface area contributed by atoms with E-state index in [-0.39, 0.29) is 23.4 Å². The van der Waals surface area contributed by atoms with Crippen LogP contribution in [0.5, 0.6) is 0 Å². The lowest BCUT2D eigenvalue weighted by molar-refractivity contribution is -0.137. The number of carboxylic acid groups (broad SMARTS) is 1. The molecule has 1 saturated carbocycles. The molecule has 1 aromatic carbocycles. The molecule has 1 amide bonds. The molecule has 0 unspecified atom stereocenters. The van der Waals surface area contributed by atoms with Crippen molar-refractivity contribution in [2.45, 2.75) is 57.2 Å². The highest BCUT2D eigenvalue weighted by Gasteiger charge is 2.32. The van der Waals surface area contributed by atoms with Crippen molar-refractivity contribution in [3.8, 4) is 0 Å². The molecular weight excluding hydrogens is 527 g/mol. The number of nitrogens with zero attached hydrogens (tertiary/aromatic N) is 3. The molecule has 1 aliphatic carbocycles. The number of amides is 1. The largest absolute Gasteiger partial charge is 0.481 e. The van der Waals surface area contributed by atoms with Gasteiger partial charge in [-0.3, -0.25) is 19.0 Å². The third-order valence-corrected chi connectivity index (χ3v) is 7.06. The molecule has 204 valence electrons. The van der Waals surface area contributed by atoms with E-state index in [1.165, 1.54) is 28.8 Å².